The molecule has 0 aliphatic heterocycles. The molecule has 0 radical (unpaired) electrons. The summed E-state index contributed by atoms with van der Waals surface area (Å²) in [6.07, 6.45) is 0. The average Bonchev–Trinajstić information content (AvgIpc) is 2.35. The second-order valence-corrected chi connectivity index (χ2v) is 9.19. The number of hydrogen-bond acceptors (Lipinski definition) is 4. The topological polar surface area (TPSA) is 80.3 Å². The Labute approximate surface area is 144 Å². The van der Waals surface area contributed by atoms with Gasteiger partial charge in [-0.2, -0.15) is 0 Å². The minimum Gasteiger partial charge on any atom is -0.206 e. The van der Waals surface area contributed by atoms with Crippen LogP contribution in [0.3, 0.4) is 0 Å². The van der Waals surface area contributed by atoms with Gasteiger partial charge in [-0.15, -0.1) is 4.13 Å². The van der Waals surface area contributed by atoms with E-state index in [0.717, 1.165) is 11.1 Å². The molecule has 0 spiro atoms. The van der Waals surface area contributed by atoms with Gasteiger partial charge in [0.15, 0.2) is 0 Å². The molecule has 0 saturated carbocycles. The highest BCUT2D eigenvalue weighted by atomic mass is 32.3. The van der Waals surface area contributed by atoms with E-state index in [0.29, 0.717) is 11.1 Å². The van der Waals surface area contributed by atoms with E-state index in [2.05, 4.69) is 0 Å². The molecule has 1 N–H and O–H groups in total. The van der Waals surface area contributed by atoms with Gasteiger partial charge in [0.2, 0.25) is 0 Å². The van der Waals surface area contributed by atoms with Crippen molar-refractivity contribution >= 4 is 20.0 Å². The van der Waals surface area contributed by atoms with Gasteiger partial charge in [-0.25, -0.2) is 16.8 Å². The number of hydrogen-bond donors (Lipinski definition) is 1. The standard InChI is InChI=1S/C16H19NO4S2.CH4/c1-11-5-7-15(13(3)9-11)22(18,19)17-23(20,21)16-8-6-12(2)10-14(16)4;/h5-10,17H,1-4H3;1H4. The lowest BCUT2D eigenvalue weighted by Crippen LogP contribution is -2.31. The Kier molecular flexibility index (Phi) is 5.97. The molecule has 24 heavy (non-hydrogen) atoms. The summed E-state index contributed by atoms with van der Waals surface area (Å²) >= 11 is 0. The van der Waals surface area contributed by atoms with E-state index in [9.17, 15) is 16.8 Å². The van der Waals surface area contributed by atoms with Gasteiger partial charge >= 0.3 is 0 Å². The third-order valence-corrected chi connectivity index (χ3v) is 7.29. The van der Waals surface area contributed by atoms with Crippen LogP contribution in [-0.4, -0.2) is 16.8 Å². The van der Waals surface area contributed by atoms with E-state index in [1.54, 1.807) is 38.1 Å². The first-order chi connectivity index (χ1) is 10.5. The fourth-order valence-electron chi connectivity index (χ4n) is 2.44. The summed E-state index contributed by atoms with van der Waals surface area (Å²) in [4.78, 5) is -0.0899. The SMILES string of the molecule is C.Cc1ccc(S(=O)(=O)NS(=O)(=O)c2ccc(C)cc2C)c(C)c1. The largest absolute Gasteiger partial charge is 0.254 e. The van der Waals surface area contributed by atoms with Crippen LogP contribution in [0.1, 0.15) is 29.7 Å². The van der Waals surface area contributed by atoms with Crippen LogP contribution in [0.15, 0.2) is 46.2 Å². The third-order valence-electron chi connectivity index (χ3n) is 3.46. The normalized spacial score (nSPS) is 11.8. The van der Waals surface area contributed by atoms with Crippen molar-refractivity contribution < 1.29 is 16.8 Å². The summed E-state index contributed by atoms with van der Waals surface area (Å²) in [6, 6.07) is 9.46. The number of benzene rings is 2. The quantitative estimate of drug-likeness (QED) is 0.897. The van der Waals surface area contributed by atoms with Crippen LogP contribution in [0.4, 0.5) is 0 Å². The van der Waals surface area contributed by atoms with Crippen molar-refractivity contribution in [1.82, 2.24) is 4.13 Å². The zero-order valence-electron chi connectivity index (χ0n) is 13.4. The molecular formula is C17H23NO4S2. The Morgan fingerprint density at radius 3 is 1.29 bits per heavy atom. The van der Waals surface area contributed by atoms with E-state index in [1.165, 1.54) is 12.1 Å². The predicted molar refractivity (Wildman–Crippen MR) is 96.1 cm³/mol. The second kappa shape index (κ2) is 7.04. The van der Waals surface area contributed by atoms with Crippen molar-refractivity contribution in [2.75, 3.05) is 0 Å². The summed E-state index contributed by atoms with van der Waals surface area (Å²) in [5, 5.41) is 0. The molecule has 132 valence electrons. The molecule has 0 fully saturated rings. The molecule has 0 aliphatic carbocycles. The van der Waals surface area contributed by atoms with E-state index < -0.39 is 20.0 Å². The Bertz CT molecular complexity index is 883. The van der Waals surface area contributed by atoms with Crippen LogP contribution < -0.4 is 4.13 Å². The Morgan fingerprint density at radius 2 is 1.00 bits per heavy atom. The lowest BCUT2D eigenvalue weighted by atomic mass is 10.2. The Balaban J connectivity index is 0.00000288. The molecule has 0 aromatic heterocycles. The fourth-order valence-corrected chi connectivity index (χ4v) is 5.77. The molecule has 0 saturated heterocycles. The van der Waals surface area contributed by atoms with Crippen molar-refractivity contribution in [3.05, 3.63) is 58.7 Å². The molecule has 2 aromatic rings. The molecule has 0 aliphatic rings. The van der Waals surface area contributed by atoms with Gasteiger partial charge in [0, 0.05) is 0 Å². The van der Waals surface area contributed by atoms with Crippen LogP contribution in [0.2, 0.25) is 0 Å². The van der Waals surface area contributed by atoms with Crippen LogP contribution in [0.25, 0.3) is 0 Å². The van der Waals surface area contributed by atoms with E-state index >= 15 is 0 Å². The molecular weight excluding hydrogens is 346 g/mol. The summed E-state index contributed by atoms with van der Waals surface area (Å²) < 4.78 is 51.6. The van der Waals surface area contributed by atoms with Gasteiger partial charge in [0.25, 0.3) is 20.0 Å². The van der Waals surface area contributed by atoms with E-state index in [1.807, 2.05) is 18.0 Å². The highest BCUT2D eigenvalue weighted by molar-refractivity contribution is 8.04. The average molecular weight is 370 g/mol. The smallest absolute Gasteiger partial charge is 0.206 e. The summed E-state index contributed by atoms with van der Waals surface area (Å²) in [7, 11) is -8.36. The van der Waals surface area contributed by atoms with Gasteiger partial charge in [-0.05, 0) is 51.0 Å². The van der Waals surface area contributed by atoms with Crippen LogP contribution in [0.5, 0.6) is 0 Å². The van der Waals surface area contributed by atoms with Crippen molar-refractivity contribution in [1.29, 1.82) is 0 Å². The number of aryl methyl sites for hydroxylation is 4. The molecule has 2 aromatic carbocycles. The zero-order valence-corrected chi connectivity index (χ0v) is 15.0. The molecule has 2 rings (SSSR count). The highest BCUT2D eigenvalue weighted by Crippen LogP contribution is 2.21. The maximum absolute atomic E-state index is 12.4. The maximum atomic E-state index is 12.4. The molecule has 0 amide bonds. The van der Waals surface area contributed by atoms with Gasteiger partial charge in [-0.1, -0.05) is 42.8 Å². The minimum absolute atomic E-state index is 0. The molecule has 5 nitrogen and oxygen atoms in total. The summed E-state index contributed by atoms with van der Waals surface area (Å²) in [5.74, 6) is 0. The van der Waals surface area contributed by atoms with Crippen molar-refractivity contribution in [2.45, 2.75) is 44.9 Å². The molecule has 0 unspecified atom stereocenters. The van der Waals surface area contributed by atoms with Crippen LogP contribution >= 0.6 is 0 Å². The first-order valence-electron chi connectivity index (χ1n) is 6.96. The highest BCUT2D eigenvalue weighted by Gasteiger charge is 2.26. The van der Waals surface area contributed by atoms with Gasteiger partial charge in [0.1, 0.15) is 0 Å². The molecule has 7 heteroatoms. The number of sulfonamides is 2. The van der Waals surface area contributed by atoms with Crippen LogP contribution in [0, 0.1) is 27.7 Å². The Morgan fingerprint density at radius 1 is 0.667 bits per heavy atom. The lowest BCUT2D eigenvalue weighted by Gasteiger charge is -2.12. The molecule has 0 atom stereocenters. The fraction of sp³-hybridized carbons (Fsp3) is 0.294. The molecule has 0 bridgehead atoms. The minimum atomic E-state index is -4.18. The monoisotopic (exact) mass is 369 g/mol. The number of rotatable bonds is 4. The first-order valence-corrected chi connectivity index (χ1v) is 9.93. The van der Waals surface area contributed by atoms with Crippen molar-refractivity contribution in [3.8, 4) is 0 Å². The second-order valence-electron chi connectivity index (χ2n) is 5.63. The van der Waals surface area contributed by atoms with E-state index in [-0.39, 0.29) is 17.2 Å². The maximum Gasteiger partial charge on any atom is 0.254 e. The summed E-state index contributed by atoms with van der Waals surface area (Å²) in [6.45, 7) is 6.93. The number of nitrogens with one attached hydrogen (secondary N) is 1. The van der Waals surface area contributed by atoms with Gasteiger partial charge in [-0.3, -0.25) is 0 Å². The van der Waals surface area contributed by atoms with Gasteiger partial charge in [0.05, 0.1) is 9.79 Å². The van der Waals surface area contributed by atoms with Crippen molar-refractivity contribution in [3.63, 3.8) is 0 Å². The van der Waals surface area contributed by atoms with E-state index in [4.69, 9.17) is 0 Å². The zero-order chi connectivity index (χ0) is 17.4. The predicted octanol–water partition coefficient (Wildman–Crippen LogP) is 3.22. The lowest BCUT2D eigenvalue weighted by molar-refractivity contribution is 0.576. The van der Waals surface area contributed by atoms with Crippen molar-refractivity contribution in [2.24, 2.45) is 0 Å². The Hall–Kier alpha value is -1.70. The van der Waals surface area contributed by atoms with Crippen LogP contribution in [-0.2, 0) is 20.0 Å². The summed E-state index contributed by atoms with van der Waals surface area (Å²) in [5.41, 5.74) is 2.79. The molecule has 0 heterocycles. The third kappa shape index (κ3) is 4.23. The first kappa shape index (κ1) is 20.3. The van der Waals surface area contributed by atoms with Gasteiger partial charge < -0.3 is 0 Å².